The van der Waals surface area contributed by atoms with Crippen LogP contribution in [-0.2, 0) is 10.3 Å². The van der Waals surface area contributed by atoms with Crippen molar-refractivity contribution in [3.05, 3.63) is 65.2 Å². The fraction of sp³-hybridized carbons (Fsp3) is 0.481. The summed E-state index contributed by atoms with van der Waals surface area (Å²) in [5.74, 6) is 0.600. The lowest BCUT2D eigenvalue weighted by molar-refractivity contribution is -0.0238. The van der Waals surface area contributed by atoms with E-state index in [1.807, 2.05) is 64.1 Å². The summed E-state index contributed by atoms with van der Waals surface area (Å²) in [6.07, 6.45) is 1.33. The van der Waals surface area contributed by atoms with Gasteiger partial charge in [0.05, 0.1) is 7.11 Å². The van der Waals surface area contributed by atoms with E-state index in [1.165, 1.54) is 0 Å². The van der Waals surface area contributed by atoms with Crippen LogP contribution in [0.2, 0.25) is 0 Å². The Kier molecular flexibility index (Phi) is 7.48. The number of amides is 1. The van der Waals surface area contributed by atoms with Gasteiger partial charge in [-0.2, -0.15) is 0 Å². The van der Waals surface area contributed by atoms with Gasteiger partial charge in [-0.3, -0.25) is 4.79 Å². The van der Waals surface area contributed by atoms with Crippen molar-refractivity contribution < 1.29 is 24.2 Å². The Morgan fingerprint density at radius 2 is 1.67 bits per heavy atom. The van der Waals surface area contributed by atoms with E-state index >= 15 is 0 Å². The van der Waals surface area contributed by atoms with E-state index in [9.17, 15) is 14.7 Å². The van der Waals surface area contributed by atoms with Gasteiger partial charge in [-0.15, -0.1) is 0 Å². The Balaban J connectivity index is 1.92. The third kappa shape index (κ3) is 5.56. The molecule has 33 heavy (non-hydrogen) atoms. The third-order valence-corrected chi connectivity index (χ3v) is 6.22. The van der Waals surface area contributed by atoms with Gasteiger partial charge in [0.15, 0.2) is 5.78 Å². The maximum Gasteiger partial charge on any atom is 0.410 e. The molecule has 0 saturated carbocycles. The lowest BCUT2D eigenvalue weighted by atomic mass is 9.72. The number of methoxy groups -OCH3 is 1. The van der Waals surface area contributed by atoms with Gasteiger partial charge in [-0.25, -0.2) is 4.79 Å². The van der Waals surface area contributed by atoms with Crippen molar-refractivity contribution >= 4 is 11.9 Å². The number of likely N-dealkylation sites (tertiary alicyclic amines) is 1. The van der Waals surface area contributed by atoms with Crippen molar-refractivity contribution in [2.45, 2.75) is 58.2 Å². The monoisotopic (exact) mass is 453 g/mol. The van der Waals surface area contributed by atoms with E-state index in [-0.39, 0.29) is 17.8 Å². The van der Waals surface area contributed by atoms with E-state index in [4.69, 9.17) is 9.47 Å². The standard InChI is InChI=1S/C27H35NO5/c1-6-24(29)19-10-12-20(13-11-19)27(31,22-8-7-9-23(18-22)32-5)21-14-16-28(17-15-21)25(30)33-26(2,3)4/h7-13,18,21,31H,6,14-17H2,1-5H3. The average molecular weight is 454 g/mol. The molecule has 1 amide bonds. The molecule has 1 heterocycles. The van der Waals surface area contributed by atoms with Crippen LogP contribution in [0.15, 0.2) is 48.5 Å². The number of carbonyl (C=O) groups is 2. The summed E-state index contributed by atoms with van der Waals surface area (Å²) in [7, 11) is 1.60. The van der Waals surface area contributed by atoms with Gasteiger partial charge in [0, 0.05) is 25.1 Å². The number of Topliss-reactive ketones (excluding diaryl/α,β-unsaturated/α-hetero) is 1. The maximum absolute atomic E-state index is 12.5. The Morgan fingerprint density at radius 3 is 2.21 bits per heavy atom. The summed E-state index contributed by atoms with van der Waals surface area (Å²) in [5.41, 5.74) is 0.246. The molecule has 0 aromatic heterocycles. The highest BCUT2D eigenvalue weighted by molar-refractivity contribution is 5.95. The van der Waals surface area contributed by atoms with Crippen LogP contribution in [0, 0.1) is 5.92 Å². The van der Waals surface area contributed by atoms with Crippen molar-refractivity contribution in [2.24, 2.45) is 5.92 Å². The van der Waals surface area contributed by atoms with Crippen LogP contribution in [0.1, 0.15) is 68.4 Å². The maximum atomic E-state index is 12.5. The van der Waals surface area contributed by atoms with Gasteiger partial charge in [0.1, 0.15) is 17.0 Å². The predicted octanol–water partition coefficient (Wildman–Crippen LogP) is 5.17. The molecular weight excluding hydrogens is 418 g/mol. The summed E-state index contributed by atoms with van der Waals surface area (Å²) in [6.45, 7) is 8.39. The molecule has 3 rings (SSSR count). The number of ketones is 1. The van der Waals surface area contributed by atoms with Crippen LogP contribution < -0.4 is 4.74 Å². The molecule has 1 unspecified atom stereocenters. The molecule has 1 aliphatic heterocycles. The van der Waals surface area contributed by atoms with E-state index in [2.05, 4.69) is 0 Å². The molecule has 2 aromatic rings. The second kappa shape index (κ2) is 9.96. The van der Waals surface area contributed by atoms with Crippen molar-refractivity contribution in [2.75, 3.05) is 20.2 Å². The minimum absolute atomic E-state index is 0.0668. The molecule has 1 aliphatic rings. The number of nitrogens with zero attached hydrogens (tertiary/aromatic N) is 1. The van der Waals surface area contributed by atoms with E-state index in [1.54, 1.807) is 24.1 Å². The summed E-state index contributed by atoms with van der Waals surface area (Å²) >= 11 is 0. The summed E-state index contributed by atoms with van der Waals surface area (Å²) in [5, 5.41) is 12.2. The first-order chi connectivity index (χ1) is 15.6. The SMILES string of the molecule is CCC(=O)c1ccc(C(O)(c2cccc(OC)c2)C2CCN(C(=O)OC(C)(C)C)CC2)cc1. The minimum Gasteiger partial charge on any atom is -0.497 e. The highest BCUT2D eigenvalue weighted by atomic mass is 16.6. The topological polar surface area (TPSA) is 76.1 Å². The molecule has 0 radical (unpaired) electrons. The van der Waals surface area contributed by atoms with E-state index in [0.717, 1.165) is 11.1 Å². The Labute approximate surface area is 196 Å². The largest absolute Gasteiger partial charge is 0.497 e. The second-order valence-electron chi connectivity index (χ2n) is 9.59. The highest BCUT2D eigenvalue weighted by Gasteiger charge is 2.43. The van der Waals surface area contributed by atoms with Gasteiger partial charge < -0.3 is 19.5 Å². The van der Waals surface area contributed by atoms with Crippen LogP contribution in [0.25, 0.3) is 0 Å². The zero-order chi connectivity index (χ0) is 24.2. The molecule has 1 atom stereocenters. The normalized spacial score (nSPS) is 16.7. The van der Waals surface area contributed by atoms with Crippen molar-refractivity contribution in [3.8, 4) is 5.75 Å². The number of aliphatic hydroxyl groups is 1. The fourth-order valence-electron chi connectivity index (χ4n) is 4.42. The number of hydrogen-bond donors (Lipinski definition) is 1. The number of ether oxygens (including phenoxy) is 2. The number of carbonyl (C=O) groups excluding carboxylic acids is 2. The first kappa shape index (κ1) is 24.8. The Bertz CT molecular complexity index is 971. The Morgan fingerprint density at radius 1 is 1.03 bits per heavy atom. The molecule has 1 N–H and O–H groups in total. The van der Waals surface area contributed by atoms with E-state index < -0.39 is 11.2 Å². The van der Waals surface area contributed by atoms with Crippen molar-refractivity contribution in [1.29, 1.82) is 0 Å². The van der Waals surface area contributed by atoms with Crippen molar-refractivity contribution in [3.63, 3.8) is 0 Å². The van der Waals surface area contributed by atoms with Gasteiger partial charge in [-0.1, -0.05) is 43.3 Å². The van der Waals surface area contributed by atoms with Gasteiger partial charge in [0.25, 0.3) is 0 Å². The summed E-state index contributed by atoms with van der Waals surface area (Å²) in [6, 6.07) is 14.7. The van der Waals surface area contributed by atoms with Gasteiger partial charge in [-0.05, 0) is 62.8 Å². The predicted molar refractivity (Wildman–Crippen MR) is 128 cm³/mol. The number of hydrogen-bond acceptors (Lipinski definition) is 5. The zero-order valence-corrected chi connectivity index (χ0v) is 20.3. The molecule has 6 heteroatoms. The Hall–Kier alpha value is -2.86. The minimum atomic E-state index is -1.29. The quantitative estimate of drug-likeness (QED) is 0.611. The van der Waals surface area contributed by atoms with Crippen LogP contribution in [-0.4, -0.2) is 47.7 Å². The molecule has 2 aromatic carbocycles. The molecule has 178 valence electrons. The highest BCUT2D eigenvalue weighted by Crippen LogP contribution is 2.43. The van der Waals surface area contributed by atoms with Gasteiger partial charge in [0.2, 0.25) is 0 Å². The lowest BCUT2D eigenvalue weighted by Gasteiger charge is -2.42. The first-order valence-electron chi connectivity index (χ1n) is 11.6. The zero-order valence-electron chi connectivity index (χ0n) is 20.3. The van der Waals surface area contributed by atoms with Crippen LogP contribution in [0.4, 0.5) is 4.79 Å². The number of rotatable bonds is 6. The van der Waals surface area contributed by atoms with Crippen LogP contribution in [0.5, 0.6) is 5.75 Å². The molecule has 0 bridgehead atoms. The smallest absolute Gasteiger partial charge is 0.410 e. The number of benzene rings is 2. The molecule has 1 saturated heterocycles. The first-order valence-corrected chi connectivity index (χ1v) is 11.6. The van der Waals surface area contributed by atoms with Crippen molar-refractivity contribution in [1.82, 2.24) is 4.90 Å². The molecule has 0 spiro atoms. The second-order valence-corrected chi connectivity index (χ2v) is 9.59. The lowest BCUT2D eigenvalue weighted by Crippen LogP contribution is -2.47. The summed E-state index contributed by atoms with van der Waals surface area (Å²) < 4.78 is 10.9. The van der Waals surface area contributed by atoms with Crippen LogP contribution >= 0.6 is 0 Å². The fourth-order valence-corrected chi connectivity index (χ4v) is 4.42. The van der Waals surface area contributed by atoms with Crippen LogP contribution in [0.3, 0.4) is 0 Å². The average Bonchev–Trinajstić information content (AvgIpc) is 2.82. The molecular formula is C27H35NO5. The molecule has 0 aliphatic carbocycles. The molecule has 6 nitrogen and oxygen atoms in total. The van der Waals surface area contributed by atoms with Gasteiger partial charge >= 0.3 is 6.09 Å². The molecule has 1 fully saturated rings. The third-order valence-electron chi connectivity index (χ3n) is 6.22. The summed E-state index contributed by atoms with van der Waals surface area (Å²) in [4.78, 5) is 26.3. The van der Waals surface area contributed by atoms with E-state index in [0.29, 0.717) is 43.7 Å². The number of piperidine rings is 1.